The van der Waals surface area contributed by atoms with Gasteiger partial charge in [-0.25, -0.2) is 4.98 Å². The van der Waals surface area contributed by atoms with E-state index in [1.807, 2.05) is 0 Å². The normalized spacial score (nSPS) is 12.8. The number of aromatic hydroxyl groups is 1. The van der Waals surface area contributed by atoms with Crippen LogP contribution in [0.5, 0.6) is 5.75 Å². The summed E-state index contributed by atoms with van der Waals surface area (Å²) in [4.78, 5) is 3.42. The monoisotopic (exact) mass is 323 g/mol. The highest BCUT2D eigenvalue weighted by Gasteiger charge is 2.34. The predicted octanol–water partition coefficient (Wildman–Crippen LogP) is 4.84. The molecule has 0 bridgehead atoms. The second-order valence-electron chi connectivity index (χ2n) is 4.80. The van der Waals surface area contributed by atoms with Crippen LogP contribution < -0.4 is 0 Å². The molecule has 0 saturated heterocycles. The first-order valence-corrected chi connectivity index (χ1v) is 6.33. The first-order valence-electron chi connectivity index (χ1n) is 6.33. The van der Waals surface area contributed by atoms with Gasteiger partial charge in [0.1, 0.15) is 11.4 Å². The third kappa shape index (κ3) is 3.80. The highest BCUT2D eigenvalue weighted by Crippen LogP contribution is 2.35. The minimum Gasteiger partial charge on any atom is -0.507 e. The molecule has 0 unspecified atom stereocenters. The summed E-state index contributed by atoms with van der Waals surface area (Å²) in [6.07, 6.45) is -10.8. The van der Waals surface area contributed by atoms with Crippen molar-refractivity contribution in [2.24, 2.45) is 0 Å². The van der Waals surface area contributed by atoms with Crippen molar-refractivity contribution in [3.05, 3.63) is 35.5 Å². The van der Waals surface area contributed by atoms with Gasteiger partial charge in [-0.05, 0) is 36.6 Å². The molecule has 0 spiro atoms. The molecule has 0 atom stereocenters. The number of alkyl halides is 6. The van der Waals surface area contributed by atoms with Crippen molar-refractivity contribution < 1.29 is 31.4 Å². The number of aromatic nitrogens is 1. The number of nitrogens with zero attached hydrogens (tertiary/aromatic N) is 1. The Balaban J connectivity index is 2.45. The second-order valence-corrected chi connectivity index (χ2v) is 4.80. The number of aryl methyl sites for hydroxylation is 1. The third-order valence-electron chi connectivity index (χ3n) is 3.09. The molecule has 0 saturated carbocycles. The van der Waals surface area contributed by atoms with E-state index >= 15 is 0 Å². The summed E-state index contributed by atoms with van der Waals surface area (Å²) in [6.45, 7) is 0. The standard InChI is InChI=1S/C14H11F6NO/c15-13(16,17)6-2-3-8-7-11(14(18,19)20)21-9-4-1-5-10(22)12(8)9/h1,4-5,7,22H,2-3,6H2. The van der Waals surface area contributed by atoms with Crippen LogP contribution >= 0.6 is 0 Å². The van der Waals surface area contributed by atoms with Crippen LogP contribution in [-0.4, -0.2) is 16.3 Å². The van der Waals surface area contributed by atoms with Crippen LogP contribution in [0.15, 0.2) is 24.3 Å². The summed E-state index contributed by atoms with van der Waals surface area (Å²) in [7, 11) is 0. The lowest BCUT2D eigenvalue weighted by atomic mass is 10.0. The number of halogens is 6. The average molecular weight is 323 g/mol. The number of phenols is 1. The molecular weight excluding hydrogens is 312 g/mol. The van der Waals surface area contributed by atoms with Crippen LogP contribution in [0.25, 0.3) is 10.9 Å². The third-order valence-corrected chi connectivity index (χ3v) is 3.09. The van der Waals surface area contributed by atoms with E-state index in [1.165, 1.54) is 18.2 Å². The molecule has 8 heteroatoms. The maximum absolute atomic E-state index is 12.8. The van der Waals surface area contributed by atoms with Crippen LogP contribution in [0, 0.1) is 0 Å². The van der Waals surface area contributed by atoms with Crippen molar-refractivity contribution >= 4 is 10.9 Å². The predicted molar refractivity (Wildman–Crippen MR) is 67.4 cm³/mol. The number of fused-ring (bicyclic) bond motifs is 1. The summed E-state index contributed by atoms with van der Waals surface area (Å²) in [5.74, 6) is -0.305. The summed E-state index contributed by atoms with van der Waals surface area (Å²) in [6, 6.07) is 4.55. The lowest BCUT2D eigenvalue weighted by Crippen LogP contribution is -2.10. The first-order chi connectivity index (χ1) is 10.1. The van der Waals surface area contributed by atoms with Crippen molar-refractivity contribution in [3.63, 3.8) is 0 Å². The molecule has 0 amide bonds. The molecule has 1 aromatic heterocycles. The van der Waals surface area contributed by atoms with E-state index in [2.05, 4.69) is 4.98 Å². The van der Waals surface area contributed by atoms with Gasteiger partial charge in [-0.3, -0.25) is 0 Å². The van der Waals surface area contributed by atoms with Gasteiger partial charge in [0.25, 0.3) is 0 Å². The molecule has 1 N–H and O–H groups in total. The van der Waals surface area contributed by atoms with Crippen LogP contribution in [0.1, 0.15) is 24.1 Å². The number of pyridine rings is 1. The summed E-state index contributed by atoms with van der Waals surface area (Å²) in [5, 5.41) is 9.81. The largest absolute Gasteiger partial charge is 0.507 e. The van der Waals surface area contributed by atoms with Gasteiger partial charge in [0.15, 0.2) is 0 Å². The van der Waals surface area contributed by atoms with Crippen LogP contribution in [0.3, 0.4) is 0 Å². The maximum Gasteiger partial charge on any atom is 0.433 e. The molecule has 2 nitrogen and oxygen atoms in total. The van der Waals surface area contributed by atoms with Crippen molar-refractivity contribution in [1.82, 2.24) is 4.98 Å². The topological polar surface area (TPSA) is 33.1 Å². The fourth-order valence-corrected chi connectivity index (χ4v) is 2.17. The van der Waals surface area contributed by atoms with Gasteiger partial charge in [0.05, 0.1) is 5.52 Å². The van der Waals surface area contributed by atoms with E-state index in [9.17, 15) is 31.4 Å². The zero-order chi connectivity index (χ0) is 16.5. The fraction of sp³-hybridized carbons (Fsp3) is 0.357. The van der Waals surface area contributed by atoms with E-state index < -0.39 is 24.5 Å². The van der Waals surface area contributed by atoms with Gasteiger partial charge in [0, 0.05) is 11.8 Å². The lowest BCUT2D eigenvalue weighted by molar-refractivity contribution is -0.141. The molecule has 0 aliphatic carbocycles. The molecule has 1 aromatic carbocycles. The Morgan fingerprint density at radius 3 is 2.32 bits per heavy atom. The van der Waals surface area contributed by atoms with Crippen molar-refractivity contribution in [1.29, 1.82) is 0 Å². The molecular formula is C14H11F6NO. The molecule has 0 aliphatic rings. The summed E-state index contributed by atoms with van der Waals surface area (Å²) < 4.78 is 74.9. The molecule has 0 radical (unpaired) electrons. The molecule has 2 aromatic rings. The average Bonchev–Trinajstić information content (AvgIpc) is 2.35. The Kier molecular flexibility index (Phi) is 4.21. The lowest BCUT2D eigenvalue weighted by Gasteiger charge is -2.13. The highest BCUT2D eigenvalue weighted by molar-refractivity contribution is 5.88. The molecule has 0 aliphatic heterocycles. The fourth-order valence-electron chi connectivity index (χ4n) is 2.17. The minimum absolute atomic E-state index is 0.000301. The number of phenolic OH excluding ortho intramolecular Hbond substituents is 1. The van der Waals surface area contributed by atoms with Crippen LogP contribution in [0.4, 0.5) is 26.3 Å². The Morgan fingerprint density at radius 2 is 1.73 bits per heavy atom. The number of rotatable bonds is 3. The van der Waals surface area contributed by atoms with Crippen LogP contribution in [-0.2, 0) is 12.6 Å². The minimum atomic E-state index is -4.71. The molecule has 2 rings (SSSR count). The molecule has 1 heterocycles. The number of benzene rings is 1. The van der Waals surface area contributed by atoms with Gasteiger partial charge in [-0.2, -0.15) is 26.3 Å². The van der Waals surface area contributed by atoms with E-state index in [-0.39, 0.29) is 35.1 Å². The van der Waals surface area contributed by atoms with Gasteiger partial charge >= 0.3 is 12.4 Å². The number of hydrogen-bond acceptors (Lipinski definition) is 2. The highest BCUT2D eigenvalue weighted by atomic mass is 19.4. The van der Waals surface area contributed by atoms with E-state index in [1.54, 1.807) is 0 Å². The Morgan fingerprint density at radius 1 is 1.05 bits per heavy atom. The smallest absolute Gasteiger partial charge is 0.433 e. The first kappa shape index (κ1) is 16.4. The summed E-state index contributed by atoms with van der Waals surface area (Å²) in [5.41, 5.74) is -1.29. The zero-order valence-corrected chi connectivity index (χ0v) is 11.1. The molecule has 22 heavy (non-hydrogen) atoms. The van der Waals surface area contributed by atoms with Crippen LogP contribution in [0.2, 0.25) is 0 Å². The van der Waals surface area contributed by atoms with Crippen molar-refractivity contribution in [2.75, 3.05) is 0 Å². The quantitative estimate of drug-likeness (QED) is 0.820. The molecule has 120 valence electrons. The van der Waals surface area contributed by atoms with Crippen molar-refractivity contribution in [3.8, 4) is 5.75 Å². The molecule has 0 fully saturated rings. The zero-order valence-electron chi connectivity index (χ0n) is 11.1. The van der Waals surface area contributed by atoms with E-state index in [4.69, 9.17) is 0 Å². The van der Waals surface area contributed by atoms with Gasteiger partial charge in [-0.15, -0.1) is 0 Å². The summed E-state index contributed by atoms with van der Waals surface area (Å²) >= 11 is 0. The van der Waals surface area contributed by atoms with Crippen molar-refractivity contribution in [2.45, 2.75) is 31.6 Å². The van der Waals surface area contributed by atoms with Gasteiger partial charge in [-0.1, -0.05) is 6.07 Å². The Bertz CT molecular complexity index is 677. The number of hydrogen-bond donors (Lipinski definition) is 1. The Labute approximate surface area is 121 Å². The van der Waals surface area contributed by atoms with E-state index in [0.717, 1.165) is 0 Å². The second kappa shape index (κ2) is 5.66. The Hall–Kier alpha value is -1.99. The SMILES string of the molecule is Oc1cccc2nc(C(F)(F)F)cc(CCCC(F)(F)F)c12. The van der Waals surface area contributed by atoms with Gasteiger partial charge in [0.2, 0.25) is 0 Å². The van der Waals surface area contributed by atoms with E-state index in [0.29, 0.717) is 6.07 Å². The maximum atomic E-state index is 12.8. The van der Waals surface area contributed by atoms with Gasteiger partial charge < -0.3 is 5.11 Å².